The summed E-state index contributed by atoms with van der Waals surface area (Å²) in [6.07, 6.45) is 0.992. The van der Waals surface area contributed by atoms with E-state index in [0.717, 1.165) is 16.2 Å². The van der Waals surface area contributed by atoms with Crippen molar-refractivity contribution in [3.05, 3.63) is 81.5 Å². The first kappa shape index (κ1) is 21.5. The molecule has 1 atom stereocenters. The Morgan fingerprint density at radius 3 is 2.48 bits per heavy atom. The van der Waals surface area contributed by atoms with Crippen molar-refractivity contribution in [1.82, 2.24) is 5.01 Å². The van der Waals surface area contributed by atoms with Crippen LogP contribution in [0.5, 0.6) is 0 Å². The fraction of sp³-hybridized carbons (Fsp3) is 0.182. The summed E-state index contributed by atoms with van der Waals surface area (Å²) in [5.41, 5.74) is 2.09. The van der Waals surface area contributed by atoms with Gasteiger partial charge in [-0.3, -0.25) is 9.52 Å². The first-order chi connectivity index (χ1) is 14.9. The van der Waals surface area contributed by atoms with Crippen molar-refractivity contribution < 1.29 is 13.2 Å². The van der Waals surface area contributed by atoms with E-state index in [1.807, 2.05) is 36.6 Å². The van der Waals surface area contributed by atoms with E-state index in [2.05, 4.69) is 9.82 Å². The summed E-state index contributed by atoms with van der Waals surface area (Å²) in [7, 11) is -3.71. The Morgan fingerprint density at radius 2 is 1.87 bits per heavy atom. The summed E-state index contributed by atoms with van der Waals surface area (Å²) in [5, 5.41) is 8.61. The van der Waals surface area contributed by atoms with Crippen LogP contribution in [0.3, 0.4) is 0 Å². The lowest BCUT2D eigenvalue weighted by atomic mass is 10.0. The maximum absolute atomic E-state index is 12.6. The Balaban J connectivity index is 1.54. The molecule has 0 saturated heterocycles. The topological polar surface area (TPSA) is 78.8 Å². The molecular formula is C22H20ClN3O3S2. The van der Waals surface area contributed by atoms with Gasteiger partial charge in [0.2, 0.25) is 5.91 Å². The van der Waals surface area contributed by atoms with Gasteiger partial charge in [0.1, 0.15) is 0 Å². The van der Waals surface area contributed by atoms with Gasteiger partial charge in [0.15, 0.2) is 0 Å². The number of benzene rings is 2. The molecule has 1 aromatic heterocycles. The maximum Gasteiger partial charge on any atom is 0.261 e. The van der Waals surface area contributed by atoms with Crippen molar-refractivity contribution in [1.29, 1.82) is 0 Å². The number of hydrazone groups is 1. The van der Waals surface area contributed by atoms with Crippen molar-refractivity contribution in [3.63, 3.8) is 0 Å². The van der Waals surface area contributed by atoms with Crippen molar-refractivity contribution in [3.8, 4) is 0 Å². The smallest absolute Gasteiger partial charge is 0.261 e. The van der Waals surface area contributed by atoms with E-state index in [0.29, 0.717) is 23.6 Å². The molecule has 4 rings (SSSR count). The average Bonchev–Trinajstić information content (AvgIpc) is 3.44. The standard InChI is InChI=1S/C22H20ClN3O3S2/c1-2-22(27)26-20(21-4-3-13-30-21)14-19(24-26)15-5-9-17(10-6-15)25-31(28,29)18-11-7-16(23)8-12-18/h3-13,20,25H,2,14H2,1H3. The highest BCUT2D eigenvalue weighted by molar-refractivity contribution is 7.92. The van der Waals surface area contributed by atoms with Gasteiger partial charge in [-0.1, -0.05) is 36.7 Å². The molecular weight excluding hydrogens is 454 g/mol. The molecule has 3 aromatic rings. The minimum atomic E-state index is -3.71. The molecule has 2 aromatic carbocycles. The predicted octanol–water partition coefficient (Wildman–Crippen LogP) is 5.29. The van der Waals surface area contributed by atoms with Crippen LogP contribution in [0.2, 0.25) is 5.02 Å². The van der Waals surface area contributed by atoms with Gasteiger partial charge in [0, 0.05) is 28.4 Å². The molecule has 1 aliphatic heterocycles. The number of hydrogen-bond donors (Lipinski definition) is 1. The molecule has 0 fully saturated rings. The third kappa shape index (κ3) is 4.66. The number of amides is 1. The Labute approximate surface area is 190 Å². The number of rotatable bonds is 6. The quantitative estimate of drug-likeness (QED) is 0.528. The second-order valence-corrected chi connectivity index (χ2v) is 10.1. The van der Waals surface area contributed by atoms with E-state index < -0.39 is 10.0 Å². The molecule has 1 unspecified atom stereocenters. The molecule has 160 valence electrons. The van der Waals surface area contributed by atoms with Gasteiger partial charge in [-0.25, -0.2) is 13.4 Å². The summed E-state index contributed by atoms with van der Waals surface area (Å²) in [5.74, 6) is -0.0271. The fourth-order valence-corrected chi connectivity index (χ4v) is 5.33. The van der Waals surface area contributed by atoms with E-state index in [-0.39, 0.29) is 16.8 Å². The zero-order valence-corrected chi connectivity index (χ0v) is 19.0. The van der Waals surface area contributed by atoms with E-state index >= 15 is 0 Å². The van der Waals surface area contributed by atoms with Crippen LogP contribution >= 0.6 is 22.9 Å². The lowest BCUT2D eigenvalue weighted by Crippen LogP contribution is -2.25. The first-order valence-electron chi connectivity index (χ1n) is 9.69. The highest BCUT2D eigenvalue weighted by Crippen LogP contribution is 2.35. The molecule has 2 heterocycles. The Bertz CT molecular complexity index is 1210. The van der Waals surface area contributed by atoms with Crippen molar-refractivity contribution in [2.24, 2.45) is 5.10 Å². The number of thiophene rings is 1. The second-order valence-electron chi connectivity index (χ2n) is 7.01. The zero-order valence-electron chi connectivity index (χ0n) is 16.7. The van der Waals surface area contributed by atoms with Gasteiger partial charge in [-0.2, -0.15) is 5.10 Å². The summed E-state index contributed by atoms with van der Waals surface area (Å²) in [6.45, 7) is 1.82. The van der Waals surface area contributed by atoms with Crippen LogP contribution in [0.4, 0.5) is 5.69 Å². The molecule has 0 spiro atoms. The minimum Gasteiger partial charge on any atom is -0.280 e. The molecule has 0 aliphatic carbocycles. The molecule has 1 amide bonds. The van der Waals surface area contributed by atoms with Gasteiger partial charge in [-0.15, -0.1) is 11.3 Å². The van der Waals surface area contributed by atoms with Crippen LogP contribution in [0.15, 0.2) is 76.0 Å². The second kappa shape index (κ2) is 8.82. The van der Waals surface area contributed by atoms with Gasteiger partial charge in [0.25, 0.3) is 10.0 Å². The van der Waals surface area contributed by atoms with Gasteiger partial charge >= 0.3 is 0 Å². The first-order valence-corrected chi connectivity index (χ1v) is 12.4. The van der Waals surface area contributed by atoms with Crippen LogP contribution in [0.1, 0.15) is 36.2 Å². The van der Waals surface area contributed by atoms with E-state index in [4.69, 9.17) is 11.6 Å². The Kier molecular flexibility index (Phi) is 6.13. The number of hydrogen-bond acceptors (Lipinski definition) is 5. The zero-order chi connectivity index (χ0) is 22.0. The van der Waals surface area contributed by atoms with Crippen LogP contribution in [0.25, 0.3) is 0 Å². The fourth-order valence-electron chi connectivity index (χ4n) is 3.34. The van der Waals surface area contributed by atoms with E-state index in [1.165, 1.54) is 24.3 Å². The SMILES string of the molecule is CCC(=O)N1N=C(c2ccc(NS(=O)(=O)c3ccc(Cl)cc3)cc2)CC1c1cccs1. The molecule has 1 aliphatic rings. The van der Waals surface area contributed by atoms with Crippen LogP contribution in [-0.2, 0) is 14.8 Å². The van der Waals surface area contributed by atoms with Crippen molar-refractivity contribution >= 4 is 50.3 Å². The van der Waals surface area contributed by atoms with Gasteiger partial charge in [-0.05, 0) is 53.4 Å². The monoisotopic (exact) mass is 473 g/mol. The normalized spacial score (nSPS) is 16.3. The number of halogens is 1. The molecule has 9 heteroatoms. The summed E-state index contributed by atoms with van der Waals surface area (Å²) >= 11 is 7.44. The molecule has 31 heavy (non-hydrogen) atoms. The van der Waals surface area contributed by atoms with Gasteiger partial charge < -0.3 is 0 Å². The predicted molar refractivity (Wildman–Crippen MR) is 124 cm³/mol. The van der Waals surface area contributed by atoms with Crippen molar-refractivity contribution in [2.45, 2.75) is 30.7 Å². The number of nitrogens with one attached hydrogen (secondary N) is 1. The van der Waals surface area contributed by atoms with Crippen LogP contribution in [0, 0.1) is 0 Å². The molecule has 0 saturated carbocycles. The Morgan fingerprint density at radius 1 is 1.16 bits per heavy atom. The maximum atomic E-state index is 12.6. The molecule has 0 radical (unpaired) electrons. The van der Waals surface area contributed by atoms with Crippen molar-refractivity contribution in [2.75, 3.05) is 4.72 Å². The summed E-state index contributed by atoms with van der Waals surface area (Å²) < 4.78 is 27.7. The average molecular weight is 474 g/mol. The van der Waals surface area contributed by atoms with Crippen LogP contribution in [-0.4, -0.2) is 25.0 Å². The summed E-state index contributed by atoms with van der Waals surface area (Å²) in [6, 6.07) is 16.8. The minimum absolute atomic E-state index is 0.0271. The number of anilines is 1. The lowest BCUT2D eigenvalue weighted by molar-refractivity contribution is -0.132. The number of nitrogens with zero attached hydrogens (tertiary/aromatic N) is 2. The number of carbonyl (C=O) groups is 1. The largest absolute Gasteiger partial charge is 0.280 e. The number of carbonyl (C=O) groups excluding carboxylic acids is 1. The molecule has 0 bridgehead atoms. The lowest BCUT2D eigenvalue weighted by Gasteiger charge is -2.19. The Hall–Kier alpha value is -2.68. The van der Waals surface area contributed by atoms with E-state index in [1.54, 1.807) is 28.5 Å². The molecule has 6 nitrogen and oxygen atoms in total. The molecule has 1 N–H and O–H groups in total. The number of sulfonamides is 1. The highest BCUT2D eigenvalue weighted by atomic mass is 35.5. The highest BCUT2D eigenvalue weighted by Gasteiger charge is 2.32. The van der Waals surface area contributed by atoms with E-state index in [9.17, 15) is 13.2 Å². The summed E-state index contributed by atoms with van der Waals surface area (Å²) in [4.78, 5) is 13.6. The third-order valence-corrected chi connectivity index (χ3v) is 7.56. The third-order valence-electron chi connectivity index (χ3n) is 4.93. The van der Waals surface area contributed by atoms with Crippen LogP contribution < -0.4 is 4.72 Å². The van der Waals surface area contributed by atoms with Gasteiger partial charge in [0.05, 0.1) is 16.6 Å².